The van der Waals surface area contributed by atoms with E-state index in [0.29, 0.717) is 0 Å². The fourth-order valence-corrected chi connectivity index (χ4v) is 3.09. The number of fused-ring (bicyclic) bond motifs is 2. The third-order valence-electron chi connectivity index (χ3n) is 4.65. The maximum Gasteiger partial charge on any atom is 0.346 e. The van der Waals surface area contributed by atoms with Crippen molar-refractivity contribution in [1.29, 1.82) is 0 Å². The molecule has 0 saturated carbocycles. The van der Waals surface area contributed by atoms with Crippen molar-refractivity contribution in [2.24, 2.45) is 0 Å². The Balaban J connectivity index is 1.90. The zero-order valence-electron chi connectivity index (χ0n) is 16.9. The fourth-order valence-electron chi connectivity index (χ4n) is 3.09. The SMILES string of the molecule is COC(=O)C(C)Oc1ccc2c(c1)C(=O)c1ccc(OC(C)C(=O)OC)cc1C2=O. The molecule has 0 bridgehead atoms. The molecule has 2 aromatic carbocycles. The Bertz CT molecular complexity index is 956. The normalized spacial score (nSPS) is 14.1. The largest absolute Gasteiger partial charge is 0.479 e. The highest BCUT2D eigenvalue weighted by Gasteiger charge is 2.31. The van der Waals surface area contributed by atoms with Crippen molar-refractivity contribution in [2.45, 2.75) is 26.1 Å². The minimum atomic E-state index is -0.869. The number of hydrogen-bond acceptors (Lipinski definition) is 8. The fraction of sp³-hybridized carbons (Fsp3) is 0.273. The number of methoxy groups -OCH3 is 2. The van der Waals surface area contributed by atoms with Crippen LogP contribution < -0.4 is 9.47 Å². The lowest BCUT2D eigenvalue weighted by Gasteiger charge is -2.20. The summed E-state index contributed by atoms with van der Waals surface area (Å²) in [5.41, 5.74) is 0.782. The third kappa shape index (κ3) is 3.89. The summed E-state index contributed by atoms with van der Waals surface area (Å²) in [6, 6.07) is 8.83. The van der Waals surface area contributed by atoms with E-state index < -0.39 is 24.1 Å². The second-order valence-electron chi connectivity index (χ2n) is 6.64. The Hall–Kier alpha value is -3.68. The van der Waals surface area contributed by atoms with Crippen LogP contribution in [0.2, 0.25) is 0 Å². The molecule has 0 saturated heterocycles. The summed E-state index contributed by atoms with van der Waals surface area (Å²) in [6.45, 7) is 3.04. The highest BCUT2D eigenvalue weighted by atomic mass is 16.6. The van der Waals surface area contributed by atoms with Crippen LogP contribution in [0, 0.1) is 0 Å². The smallest absolute Gasteiger partial charge is 0.346 e. The van der Waals surface area contributed by atoms with Gasteiger partial charge in [-0.05, 0) is 50.2 Å². The molecular formula is C22H20O8. The van der Waals surface area contributed by atoms with Crippen molar-refractivity contribution in [2.75, 3.05) is 14.2 Å². The Morgan fingerprint density at radius 2 is 1.03 bits per heavy atom. The molecule has 2 unspecified atom stereocenters. The van der Waals surface area contributed by atoms with Crippen molar-refractivity contribution in [3.8, 4) is 11.5 Å². The lowest BCUT2D eigenvalue weighted by atomic mass is 9.84. The molecule has 2 atom stereocenters. The van der Waals surface area contributed by atoms with Gasteiger partial charge in [-0.2, -0.15) is 0 Å². The molecule has 156 valence electrons. The summed E-state index contributed by atoms with van der Waals surface area (Å²) in [5.74, 6) is -1.30. The number of hydrogen-bond donors (Lipinski definition) is 0. The topological polar surface area (TPSA) is 105 Å². The van der Waals surface area contributed by atoms with Crippen molar-refractivity contribution in [1.82, 2.24) is 0 Å². The van der Waals surface area contributed by atoms with Crippen molar-refractivity contribution >= 4 is 23.5 Å². The van der Waals surface area contributed by atoms with Gasteiger partial charge in [0, 0.05) is 22.3 Å². The molecule has 0 N–H and O–H groups in total. The number of rotatable bonds is 6. The quantitative estimate of drug-likeness (QED) is 0.568. The van der Waals surface area contributed by atoms with E-state index in [-0.39, 0.29) is 45.3 Å². The number of carbonyl (C=O) groups is 4. The molecule has 8 heteroatoms. The van der Waals surface area contributed by atoms with Crippen LogP contribution in [0.25, 0.3) is 0 Å². The van der Waals surface area contributed by atoms with E-state index in [1.807, 2.05) is 0 Å². The van der Waals surface area contributed by atoms with Gasteiger partial charge in [0.05, 0.1) is 14.2 Å². The minimum Gasteiger partial charge on any atom is -0.479 e. The van der Waals surface area contributed by atoms with Gasteiger partial charge in [-0.3, -0.25) is 9.59 Å². The van der Waals surface area contributed by atoms with Crippen molar-refractivity contribution < 1.29 is 38.1 Å². The first-order chi connectivity index (χ1) is 14.3. The summed E-state index contributed by atoms with van der Waals surface area (Å²) in [4.78, 5) is 49.0. The summed E-state index contributed by atoms with van der Waals surface area (Å²) in [7, 11) is 2.50. The Labute approximate surface area is 172 Å². The molecule has 8 nitrogen and oxygen atoms in total. The van der Waals surface area contributed by atoms with Gasteiger partial charge in [0.25, 0.3) is 0 Å². The predicted molar refractivity (Wildman–Crippen MR) is 104 cm³/mol. The van der Waals surface area contributed by atoms with E-state index in [9.17, 15) is 19.2 Å². The van der Waals surface area contributed by atoms with Gasteiger partial charge < -0.3 is 18.9 Å². The van der Waals surface area contributed by atoms with Crippen LogP contribution >= 0.6 is 0 Å². The molecule has 0 fully saturated rings. The van der Waals surface area contributed by atoms with E-state index >= 15 is 0 Å². The van der Waals surface area contributed by atoms with Crippen molar-refractivity contribution in [3.05, 3.63) is 58.7 Å². The van der Waals surface area contributed by atoms with Gasteiger partial charge in [0.2, 0.25) is 0 Å². The average Bonchev–Trinajstić information content (AvgIpc) is 2.76. The second kappa shape index (κ2) is 8.36. The number of esters is 2. The zero-order chi connectivity index (χ0) is 22.0. The van der Waals surface area contributed by atoms with Crippen LogP contribution in [-0.2, 0) is 19.1 Å². The molecule has 1 aliphatic carbocycles. The molecule has 0 amide bonds. The molecule has 0 spiro atoms. The molecular weight excluding hydrogens is 392 g/mol. The van der Waals surface area contributed by atoms with E-state index in [2.05, 4.69) is 9.47 Å². The lowest BCUT2D eigenvalue weighted by Crippen LogP contribution is -2.26. The summed E-state index contributed by atoms with van der Waals surface area (Å²) < 4.78 is 20.2. The van der Waals surface area contributed by atoms with Crippen LogP contribution in [0.3, 0.4) is 0 Å². The Kier molecular flexibility index (Phi) is 5.86. The van der Waals surface area contributed by atoms with E-state index in [4.69, 9.17) is 9.47 Å². The summed E-state index contributed by atoms with van der Waals surface area (Å²) >= 11 is 0. The van der Waals surface area contributed by atoms with Crippen LogP contribution in [0.5, 0.6) is 11.5 Å². The molecule has 0 aliphatic heterocycles. The molecule has 30 heavy (non-hydrogen) atoms. The molecule has 2 aromatic rings. The first kappa shape index (κ1) is 21.0. The number of ether oxygens (including phenoxy) is 4. The summed E-state index contributed by atoms with van der Waals surface area (Å²) in [5, 5.41) is 0. The molecule has 1 aliphatic rings. The van der Waals surface area contributed by atoms with Gasteiger partial charge in [0.15, 0.2) is 23.8 Å². The van der Waals surface area contributed by atoms with Gasteiger partial charge in [0.1, 0.15) is 11.5 Å². The van der Waals surface area contributed by atoms with Crippen LogP contribution in [0.1, 0.15) is 45.7 Å². The first-order valence-corrected chi connectivity index (χ1v) is 9.13. The Morgan fingerprint density at radius 3 is 1.37 bits per heavy atom. The summed E-state index contributed by atoms with van der Waals surface area (Å²) in [6.07, 6.45) is -1.74. The molecule has 0 aromatic heterocycles. The Morgan fingerprint density at radius 1 is 0.667 bits per heavy atom. The molecule has 3 rings (SSSR count). The predicted octanol–water partition coefficient (Wildman–Crippen LogP) is 2.34. The number of ketones is 2. The van der Waals surface area contributed by atoms with Gasteiger partial charge in [-0.25, -0.2) is 9.59 Å². The zero-order valence-corrected chi connectivity index (χ0v) is 16.9. The van der Waals surface area contributed by atoms with Crippen LogP contribution in [0.15, 0.2) is 36.4 Å². The first-order valence-electron chi connectivity index (χ1n) is 9.13. The van der Waals surface area contributed by atoms with E-state index in [1.165, 1.54) is 64.5 Å². The standard InChI is InChI=1S/C22H20O8/c1-11(21(25)27-3)29-13-5-7-15-17(9-13)19(23)16-8-6-14(10-18(16)20(15)24)30-12(2)22(26)28-4/h5-12H,1-4H3. The van der Waals surface area contributed by atoms with E-state index in [0.717, 1.165) is 0 Å². The maximum absolute atomic E-state index is 13.0. The van der Waals surface area contributed by atoms with Crippen LogP contribution in [-0.4, -0.2) is 49.9 Å². The average molecular weight is 412 g/mol. The van der Waals surface area contributed by atoms with Gasteiger partial charge in [-0.1, -0.05) is 0 Å². The highest BCUT2D eigenvalue weighted by molar-refractivity contribution is 6.28. The lowest BCUT2D eigenvalue weighted by molar-refractivity contribution is -0.148. The van der Waals surface area contributed by atoms with E-state index in [1.54, 1.807) is 0 Å². The van der Waals surface area contributed by atoms with Crippen molar-refractivity contribution in [3.63, 3.8) is 0 Å². The highest BCUT2D eigenvalue weighted by Crippen LogP contribution is 2.32. The van der Waals surface area contributed by atoms with Gasteiger partial charge in [-0.15, -0.1) is 0 Å². The van der Waals surface area contributed by atoms with Gasteiger partial charge >= 0.3 is 11.9 Å². The maximum atomic E-state index is 13.0. The number of benzene rings is 2. The minimum absolute atomic E-state index is 0.179. The second-order valence-corrected chi connectivity index (χ2v) is 6.64. The molecule has 0 radical (unpaired) electrons. The molecule has 0 heterocycles. The van der Waals surface area contributed by atoms with Crippen LogP contribution in [0.4, 0.5) is 0 Å². The number of carbonyl (C=O) groups excluding carboxylic acids is 4. The third-order valence-corrected chi connectivity index (χ3v) is 4.65. The monoisotopic (exact) mass is 412 g/mol.